The van der Waals surface area contributed by atoms with E-state index in [1.165, 1.54) is 15.6 Å². The summed E-state index contributed by atoms with van der Waals surface area (Å²) < 4.78 is 26.9. The number of benzene rings is 1. The highest BCUT2D eigenvalue weighted by Crippen LogP contribution is 2.26. The van der Waals surface area contributed by atoms with E-state index in [2.05, 4.69) is 5.32 Å². The van der Waals surface area contributed by atoms with Crippen LogP contribution < -0.4 is 5.32 Å². The fourth-order valence-corrected chi connectivity index (χ4v) is 6.08. The Hall–Kier alpha value is -1.41. The maximum Gasteiger partial charge on any atom is 0.252 e. The number of halogens is 1. The van der Waals surface area contributed by atoms with Gasteiger partial charge in [0.1, 0.15) is 4.21 Å². The molecule has 0 bridgehead atoms. The number of nitrogens with one attached hydrogen (secondary N) is 1. The van der Waals surface area contributed by atoms with Crippen LogP contribution in [-0.4, -0.2) is 38.3 Å². The Morgan fingerprint density at radius 1 is 1.19 bits per heavy atom. The molecule has 27 heavy (non-hydrogen) atoms. The molecule has 1 aliphatic heterocycles. The van der Waals surface area contributed by atoms with E-state index in [4.69, 9.17) is 11.6 Å². The van der Waals surface area contributed by atoms with Crippen LogP contribution in [0.4, 0.5) is 0 Å². The van der Waals surface area contributed by atoms with Crippen LogP contribution in [0.1, 0.15) is 24.8 Å². The van der Waals surface area contributed by atoms with Crippen LogP contribution in [0.2, 0.25) is 5.02 Å². The van der Waals surface area contributed by atoms with Gasteiger partial charge in [-0.1, -0.05) is 35.9 Å². The topological polar surface area (TPSA) is 66.5 Å². The van der Waals surface area contributed by atoms with Crippen molar-refractivity contribution in [2.45, 2.75) is 29.9 Å². The minimum atomic E-state index is -3.42. The zero-order valence-electron chi connectivity index (χ0n) is 14.9. The van der Waals surface area contributed by atoms with Crippen molar-refractivity contribution >= 4 is 38.9 Å². The number of piperidine rings is 1. The molecule has 0 atom stereocenters. The van der Waals surface area contributed by atoms with Gasteiger partial charge in [-0.3, -0.25) is 4.79 Å². The summed E-state index contributed by atoms with van der Waals surface area (Å²) in [5, 5.41) is 5.49. The van der Waals surface area contributed by atoms with Gasteiger partial charge in [0.05, 0.1) is 0 Å². The second-order valence-corrected chi connectivity index (χ2v) is 10.1. The van der Waals surface area contributed by atoms with Gasteiger partial charge in [0.2, 0.25) is 5.91 Å². The van der Waals surface area contributed by atoms with E-state index in [-0.39, 0.29) is 11.8 Å². The van der Waals surface area contributed by atoms with Crippen molar-refractivity contribution in [3.63, 3.8) is 0 Å². The third-order valence-electron chi connectivity index (χ3n) is 4.79. The van der Waals surface area contributed by atoms with Crippen molar-refractivity contribution in [2.24, 2.45) is 5.92 Å². The summed E-state index contributed by atoms with van der Waals surface area (Å²) in [5.41, 5.74) is 1.08. The van der Waals surface area contributed by atoms with E-state index < -0.39 is 10.0 Å². The predicted octanol–water partition coefficient (Wildman–Crippen LogP) is 3.55. The lowest BCUT2D eigenvalue weighted by molar-refractivity contribution is -0.126. The van der Waals surface area contributed by atoms with Gasteiger partial charge >= 0.3 is 0 Å². The van der Waals surface area contributed by atoms with Crippen LogP contribution in [0.5, 0.6) is 0 Å². The molecule has 1 N–H and O–H groups in total. The summed E-state index contributed by atoms with van der Waals surface area (Å²) in [6.07, 6.45) is 2.75. The Bertz CT molecular complexity index is 861. The first kappa shape index (κ1) is 20.3. The normalized spacial score (nSPS) is 16.3. The fraction of sp³-hybridized carbons (Fsp3) is 0.421. The van der Waals surface area contributed by atoms with Crippen molar-refractivity contribution in [1.82, 2.24) is 9.62 Å². The highest BCUT2D eigenvalue weighted by Gasteiger charge is 2.32. The third kappa shape index (κ3) is 5.10. The molecule has 0 unspecified atom stereocenters. The van der Waals surface area contributed by atoms with E-state index in [9.17, 15) is 13.2 Å². The molecule has 1 amide bonds. The maximum absolute atomic E-state index is 12.5. The van der Waals surface area contributed by atoms with Gasteiger partial charge in [-0.2, -0.15) is 4.31 Å². The van der Waals surface area contributed by atoms with Crippen LogP contribution >= 0.6 is 22.9 Å². The molecule has 0 aliphatic carbocycles. The van der Waals surface area contributed by atoms with Gasteiger partial charge in [-0.05, 0) is 48.8 Å². The van der Waals surface area contributed by atoms with E-state index in [1.54, 1.807) is 17.5 Å². The van der Waals surface area contributed by atoms with Gasteiger partial charge < -0.3 is 5.32 Å². The van der Waals surface area contributed by atoms with Crippen LogP contribution in [-0.2, 0) is 21.2 Å². The largest absolute Gasteiger partial charge is 0.356 e. The molecule has 5 nitrogen and oxygen atoms in total. The molecule has 0 spiro atoms. The first-order chi connectivity index (χ1) is 13.0. The summed E-state index contributed by atoms with van der Waals surface area (Å²) in [7, 11) is -3.42. The first-order valence-corrected chi connectivity index (χ1v) is 11.7. The SMILES string of the molecule is O=C(NCCCc1ccccc1Cl)C1CCN(S(=O)(=O)c2cccs2)CC1. The molecular formula is C19H23ClN2O3S2. The Morgan fingerprint density at radius 3 is 2.59 bits per heavy atom. The molecule has 2 aromatic rings. The van der Waals surface area contributed by atoms with Gasteiger partial charge in [-0.15, -0.1) is 11.3 Å². The number of sulfonamides is 1. The number of rotatable bonds is 7. The van der Waals surface area contributed by atoms with Crippen molar-refractivity contribution in [2.75, 3.05) is 19.6 Å². The number of hydrogen-bond acceptors (Lipinski definition) is 4. The van der Waals surface area contributed by atoms with E-state index in [1.807, 2.05) is 24.3 Å². The van der Waals surface area contributed by atoms with E-state index in [0.717, 1.165) is 23.4 Å². The van der Waals surface area contributed by atoms with Crippen LogP contribution in [0, 0.1) is 5.92 Å². The number of amides is 1. The molecule has 1 saturated heterocycles. The Kier molecular flexibility index (Phi) is 6.92. The van der Waals surface area contributed by atoms with E-state index in [0.29, 0.717) is 36.7 Å². The van der Waals surface area contributed by atoms with Gasteiger partial charge in [-0.25, -0.2) is 8.42 Å². The second kappa shape index (κ2) is 9.19. The molecule has 3 rings (SSSR count). The fourth-order valence-electron chi connectivity index (χ4n) is 3.23. The molecule has 1 aromatic carbocycles. The molecule has 0 saturated carbocycles. The summed E-state index contributed by atoms with van der Waals surface area (Å²) in [6.45, 7) is 1.37. The lowest BCUT2D eigenvalue weighted by Crippen LogP contribution is -2.43. The smallest absolute Gasteiger partial charge is 0.252 e. The highest BCUT2D eigenvalue weighted by atomic mass is 35.5. The lowest BCUT2D eigenvalue weighted by atomic mass is 9.97. The minimum absolute atomic E-state index is 0.0160. The Balaban J connectivity index is 1.42. The number of thiophene rings is 1. The molecule has 1 aromatic heterocycles. The van der Waals surface area contributed by atoms with Crippen LogP contribution in [0.15, 0.2) is 46.0 Å². The number of carbonyl (C=O) groups excluding carboxylic acids is 1. The average molecular weight is 427 g/mol. The average Bonchev–Trinajstić information content (AvgIpc) is 3.22. The van der Waals surface area contributed by atoms with Crippen molar-refractivity contribution < 1.29 is 13.2 Å². The standard InChI is InChI=1S/C19H23ClN2O3S2/c20-17-7-2-1-5-15(17)6-3-11-21-19(23)16-9-12-22(13-10-16)27(24,25)18-8-4-14-26-18/h1-2,4-5,7-8,14,16H,3,6,9-13H2,(H,21,23). The number of nitrogens with zero attached hydrogens (tertiary/aromatic N) is 1. The van der Waals surface area contributed by atoms with Gasteiger partial charge in [0.25, 0.3) is 10.0 Å². The number of carbonyl (C=O) groups is 1. The molecule has 2 heterocycles. The quantitative estimate of drug-likeness (QED) is 0.688. The monoisotopic (exact) mass is 426 g/mol. The minimum Gasteiger partial charge on any atom is -0.356 e. The summed E-state index contributed by atoms with van der Waals surface area (Å²) >= 11 is 7.36. The Labute approximate surface area is 169 Å². The first-order valence-electron chi connectivity index (χ1n) is 9.03. The van der Waals surface area contributed by atoms with Crippen molar-refractivity contribution in [1.29, 1.82) is 0 Å². The van der Waals surface area contributed by atoms with E-state index >= 15 is 0 Å². The summed E-state index contributed by atoms with van der Waals surface area (Å²) in [5.74, 6) is -0.109. The maximum atomic E-state index is 12.5. The van der Waals surface area contributed by atoms with Gasteiger partial charge in [0, 0.05) is 30.6 Å². The highest BCUT2D eigenvalue weighted by molar-refractivity contribution is 7.91. The van der Waals surface area contributed by atoms with Crippen molar-refractivity contribution in [3.8, 4) is 0 Å². The third-order valence-corrected chi connectivity index (χ3v) is 8.43. The number of aryl methyl sites for hydroxylation is 1. The molecule has 8 heteroatoms. The summed E-state index contributed by atoms with van der Waals surface area (Å²) in [6, 6.07) is 11.1. The molecule has 1 aliphatic rings. The summed E-state index contributed by atoms with van der Waals surface area (Å²) in [4.78, 5) is 12.4. The molecular weight excluding hydrogens is 404 g/mol. The number of hydrogen-bond donors (Lipinski definition) is 1. The predicted molar refractivity (Wildman–Crippen MR) is 109 cm³/mol. The van der Waals surface area contributed by atoms with Crippen molar-refractivity contribution in [3.05, 3.63) is 52.4 Å². The molecule has 146 valence electrons. The molecule has 0 radical (unpaired) electrons. The Morgan fingerprint density at radius 2 is 1.93 bits per heavy atom. The molecule has 1 fully saturated rings. The van der Waals surface area contributed by atoms with Crippen LogP contribution in [0.3, 0.4) is 0 Å². The zero-order valence-corrected chi connectivity index (χ0v) is 17.3. The van der Waals surface area contributed by atoms with Crippen LogP contribution in [0.25, 0.3) is 0 Å². The lowest BCUT2D eigenvalue weighted by Gasteiger charge is -2.30. The zero-order chi connectivity index (χ0) is 19.3. The second-order valence-electron chi connectivity index (χ2n) is 6.60. The van der Waals surface area contributed by atoms with Gasteiger partial charge in [0.15, 0.2) is 0 Å².